The van der Waals surface area contributed by atoms with Gasteiger partial charge in [0.1, 0.15) is 6.10 Å². The number of aliphatic hydroxyl groups excluding tert-OH is 1. The van der Waals surface area contributed by atoms with Crippen molar-refractivity contribution < 1.29 is 13.5 Å². The lowest BCUT2D eigenvalue weighted by Gasteiger charge is -2.24. The van der Waals surface area contributed by atoms with Crippen LogP contribution in [-0.4, -0.2) is 22.9 Å². The number of hydrogen-bond donors (Lipinski definition) is 1. The van der Waals surface area contributed by atoms with E-state index in [9.17, 15) is 13.5 Å². The maximum atomic E-state index is 11.6. The van der Waals surface area contributed by atoms with Gasteiger partial charge >= 0.3 is 0 Å². The number of rotatable bonds is 4. The van der Waals surface area contributed by atoms with Gasteiger partial charge in [-0.05, 0) is 32.6 Å². The Labute approximate surface area is 137 Å². The number of aliphatic hydroxyl groups is 1. The summed E-state index contributed by atoms with van der Waals surface area (Å²) in [6, 6.07) is 16.7. The molecule has 2 aromatic carbocycles. The second-order valence-corrected chi connectivity index (χ2v) is 9.97. The van der Waals surface area contributed by atoms with E-state index in [0.29, 0.717) is 5.56 Å². The molecule has 2 aromatic rings. The zero-order valence-electron chi connectivity index (χ0n) is 11.2. The summed E-state index contributed by atoms with van der Waals surface area (Å²) in [6.45, 7) is 0. The molecule has 1 N–H and O–H groups in total. The van der Waals surface area contributed by atoms with Crippen molar-refractivity contribution in [1.82, 2.24) is 0 Å². The predicted octanol–water partition coefficient (Wildman–Crippen LogP) is 3.72. The summed E-state index contributed by atoms with van der Waals surface area (Å²) in [7, 11) is -3.68. The maximum absolute atomic E-state index is 11.6. The van der Waals surface area contributed by atoms with E-state index in [4.69, 9.17) is 11.6 Å². The molecule has 0 saturated carbocycles. The average molecular weight is 390 g/mol. The van der Waals surface area contributed by atoms with E-state index in [2.05, 4.69) is 15.9 Å². The van der Waals surface area contributed by atoms with Crippen molar-refractivity contribution in [2.75, 3.05) is 6.26 Å². The molecule has 2 rings (SSSR count). The van der Waals surface area contributed by atoms with Gasteiger partial charge in [-0.25, -0.2) is 8.42 Å². The van der Waals surface area contributed by atoms with Gasteiger partial charge in [0.25, 0.3) is 0 Å². The van der Waals surface area contributed by atoms with Gasteiger partial charge in [0.05, 0.1) is 0 Å². The minimum absolute atomic E-state index is 0.423. The standard InChI is InChI=1S/C15H14BrClO3S/c1-21(19,20)15(16,17)14(18)13-9-7-12(8-10-13)11-5-3-2-4-6-11/h2-10,14,18H,1H3/t14-,15+/m1/s1. The molecule has 0 unspecified atom stereocenters. The molecule has 2 atom stereocenters. The highest BCUT2D eigenvalue weighted by atomic mass is 79.9. The van der Waals surface area contributed by atoms with Gasteiger partial charge in [-0.15, -0.1) is 0 Å². The summed E-state index contributed by atoms with van der Waals surface area (Å²) >= 11 is 8.83. The summed E-state index contributed by atoms with van der Waals surface area (Å²) < 4.78 is 21.3. The zero-order chi connectivity index (χ0) is 15.7. The molecule has 0 amide bonds. The monoisotopic (exact) mass is 388 g/mol. The Morgan fingerprint density at radius 1 is 1.05 bits per heavy atom. The maximum Gasteiger partial charge on any atom is 0.228 e. The van der Waals surface area contributed by atoms with Crippen LogP contribution in [0.1, 0.15) is 11.7 Å². The molecule has 0 fully saturated rings. The van der Waals surface area contributed by atoms with Crippen molar-refractivity contribution in [3.63, 3.8) is 0 Å². The van der Waals surface area contributed by atoms with E-state index in [1.807, 2.05) is 42.5 Å². The van der Waals surface area contributed by atoms with Crippen LogP contribution in [0.25, 0.3) is 11.1 Å². The topological polar surface area (TPSA) is 54.4 Å². The van der Waals surface area contributed by atoms with Gasteiger partial charge in [-0.1, -0.05) is 66.2 Å². The first-order valence-corrected chi connectivity index (χ1v) is 9.20. The van der Waals surface area contributed by atoms with Gasteiger partial charge in [-0.2, -0.15) is 0 Å². The molecule has 3 nitrogen and oxygen atoms in total. The molecule has 21 heavy (non-hydrogen) atoms. The Kier molecular flexibility index (Phi) is 4.78. The zero-order valence-corrected chi connectivity index (χ0v) is 14.4. The molecule has 6 heteroatoms. The van der Waals surface area contributed by atoms with Crippen molar-refractivity contribution in [1.29, 1.82) is 0 Å². The second-order valence-electron chi connectivity index (χ2n) is 4.72. The summed E-state index contributed by atoms with van der Waals surface area (Å²) in [4.78, 5) is 0. The highest BCUT2D eigenvalue weighted by Crippen LogP contribution is 2.42. The molecule has 112 valence electrons. The normalized spacial score (nSPS) is 16.2. The van der Waals surface area contributed by atoms with Crippen LogP contribution in [0.4, 0.5) is 0 Å². The first kappa shape index (κ1) is 16.5. The van der Waals surface area contributed by atoms with E-state index in [-0.39, 0.29) is 0 Å². The smallest absolute Gasteiger partial charge is 0.228 e. The van der Waals surface area contributed by atoms with E-state index in [1.165, 1.54) is 0 Å². The molecule has 0 radical (unpaired) electrons. The van der Waals surface area contributed by atoms with Crippen LogP contribution in [0.15, 0.2) is 54.6 Å². The Morgan fingerprint density at radius 2 is 1.52 bits per heavy atom. The molecule has 0 aromatic heterocycles. The molecule has 0 spiro atoms. The van der Waals surface area contributed by atoms with Crippen LogP contribution < -0.4 is 0 Å². The van der Waals surface area contributed by atoms with Gasteiger partial charge in [0, 0.05) is 6.26 Å². The summed E-state index contributed by atoms with van der Waals surface area (Å²) in [5.41, 5.74) is 2.44. The van der Waals surface area contributed by atoms with Crippen molar-refractivity contribution in [3.8, 4) is 11.1 Å². The lowest BCUT2D eigenvalue weighted by molar-refractivity contribution is 0.185. The van der Waals surface area contributed by atoms with Crippen molar-refractivity contribution in [2.45, 2.75) is 9.22 Å². The number of halogens is 2. The Morgan fingerprint density at radius 3 is 2.00 bits per heavy atom. The fourth-order valence-corrected chi connectivity index (χ4v) is 2.82. The quantitative estimate of drug-likeness (QED) is 0.811. The van der Waals surface area contributed by atoms with Gasteiger partial charge < -0.3 is 5.11 Å². The van der Waals surface area contributed by atoms with Crippen LogP contribution in [0, 0.1) is 0 Å². The van der Waals surface area contributed by atoms with E-state index < -0.39 is 19.1 Å². The molecule has 0 saturated heterocycles. The van der Waals surface area contributed by atoms with Crippen molar-refractivity contribution >= 4 is 37.4 Å². The van der Waals surface area contributed by atoms with Crippen molar-refractivity contribution in [3.05, 3.63) is 60.2 Å². The number of alkyl halides is 2. The molecule has 0 aliphatic carbocycles. The summed E-state index contributed by atoms with van der Waals surface area (Å²) in [6.07, 6.45) is -0.407. The minimum atomic E-state index is -3.68. The molecule has 0 bridgehead atoms. The first-order chi connectivity index (χ1) is 9.73. The van der Waals surface area contributed by atoms with E-state index in [1.54, 1.807) is 12.1 Å². The molecule has 0 heterocycles. The van der Waals surface area contributed by atoms with Gasteiger partial charge in [-0.3, -0.25) is 0 Å². The summed E-state index contributed by atoms with van der Waals surface area (Å²) in [5.74, 6) is 0. The van der Waals surface area contributed by atoms with Crippen LogP contribution in [-0.2, 0) is 9.84 Å². The third-order valence-corrected chi connectivity index (χ3v) is 7.60. The Balaban J connectivity index is 2.32. The highest BCUT2D eigenvalue weighted by molar-refractivity contribution is 9.12. The fourth-order valence-electron chi connectivity index (χ4n) is 1.89. The predicted molar refractivity (Wildman–Crippen MR) is 89.2 cm³/mol. The Hall–Kier alpha value is -0.880. The molecule has 0 aliphatic heterocycles. The lowest BCUT2D eigenvalue weighted by Crippen LogP contribution is -2.32. The molecular weight excluding hydrogens is 376 g/mol. The highest BCUT2D eigenvalue weighted by Gasteiger charge is 2.44. The molecular formula is C15H14BrClO3S. The summed E-state index contributed by atoms with van der Waals surface area (Å²) in [5, 5.41) is 10.2. The number of benzene rings is 2. The third-order valence-electron chi connectivity index (χ3n) is 3.15. The van der Waals surface area contributed by atoms with Crippen LogP contribution in [0.5, 0.6) is 0 Å². The van der Waals surface area contributed by atoms with Crippen LogP contribution in [0.2, 0.25) is 0 Å². The average Bonchev–Trinajstić information content (AvgIpc) is 2.46. The Bertz CT molecular complexity index is 712. The van der Waals surface area contributed by atoms with E-state index in [0.717, 1.165) is 17.4 Å². The van der Waals surface area contributed by atoms with Crippen LogP contribution in [0.3, 0.4) is 0 Å². The fraction of sp³-hybridized carbons (Fsp3) is 0.200. The second kappa shape index (κ2) is 6.08. The van der Waals surface area contributed by atoms with E-state index >= 15 is 0 Å². The van der Waals surface area contributed by atoms with Gasteiger partial charge in [0.15, 0.2) is 9.84 Å². The lowest BCUT2D eigenvalue weighted by atomic mass is 10.0. The first-order valence-electron chi connectivity index (χ1n) is 6.14. The number of sulfone groups is 1. The third kappa shape index (κ3) is 3.48. The largest absolute Gasteiger partial charge is 0.385 e. The van der Waals surface area contributed by atoms with Gasteiger partial charge in [0.2, 0.25) is 3.12 Å². The minimum Gasteiger partial charge on any atom is -0.385 e. The SMILES string of the molecule is CS(=O)(=O)[C@](Cl)(Br)[C@H](O)c1ccc(-c2ccccc2)cc1. The van der Waals surface area contributed by atoms with Crippen molar-refractivity contribution in [2.24, 2.45) is 0 Å². The van der Waals surface area contributed by atoms with Crippen LogP contribution >= 0.6 is 27.5 Å². The number of hydrogen-bond acceptors (Lipinski definition) is 3. The molecule has 0 aliphatic rings.